The predicted molar refractivity (Wildman–Crippen MR) is 42.4 cm³/mol. The Morgan fingerprint density at radius 3 is 2.89 bits per heavy atom. The maximum atomic E-state index is 3.40. The molecule has 0 spiro atoms. The van der Waals surface area contributed by atoms with E-state index in [4.69, 9.17) is 0 Å². The zero-order valence-corrected chi connectivity index (χ0v) is 6.90. The van der Waals surface area contributed by atoms with Gasteiger partial charge in [0, 0.05) is 4.47 Å². The molecule has 0 fully saturated rings. The van der Waals surface area contributed by atoms with Gasteiger partial charge in [-0.15, -0.1) is 0 Å². The maximum Gasteiger partial charge on any atom is 0.0286 e. The molecule has 0 saturated heterocycles. The van der Waals surface area contributed by atoms with Crippen LogP contribution in [0.1, 0.15) is 12.5 Å². The summed E-state index contributed by atoms with van der Waals surface area (Å²) < 4.78 is 1.09. The van der Waals surface area contributed by atoms with E-state index in [1.54, 1.807) is 0 Å². The van der Waals surface area contributed by atoms with E-state index < -0.39 is 0 Å². The first-order chi connectivity index (χ1) is 4.34. The summed E-state index contributed by atoms with van der Waals surface area (Å²) in [6.45, 7) is 2.13. The normalized spacial score (nSPS) is 9.56. The van der Waals surface area contributed by atoms with Gasteiger partial charge in [-0.3, -0.25) is 0 Å². The second-order valence-corrected chi connectivity index (χ2v) is 2.66. The van der Waals surface area contributed by atoms with Gasteiger partial charge in [0.15, 0.2) is 0 Å². The van der Waals surface area contributed by atoms with E-state index in [9.17, 15) is 0 Å². The summed E-state index contributed by atoms with van der Waals surface area (Å²) in [5.74, 6) is 0. The Morgan fingerprint density at radius 2 is 2.44 bits per heavy atom. The lowest BCUT2D eigenvalue weighted by Gasteiger charge is -1.96. The van der Waals surface area contributed by atoms with Crippen LogP contribution in [0.15, 0.2) is 22.7 Å². The van der Waals surface area contributed by atoms with E-state index in [2.05, 4.69) is 35.0 Å². The molecule has 0 amide bonds. The van der Waals surface area contributed by atoms with E-state index in [-0.39, 0.29) is 0 Å². The first-order valence-corrected chi connectivity index (χ1v) is 3.79. The third-order valence-electron chi connectivity index (χ3n) is 1.27. The van der Waals surface area contributed by atoms with Gasteiger partial charge in [0.25, 0.3) is 0 Å². The van der Waals surface area contributed by atoms with Gasteiger partial charge in [0.05, 0.1) is 0 Å². The quantitative estimate of drug-likeness (QED) is 0.629. The highest BCUT2D eigenvalue weighted by atomic mass is 79.9. The van der Waals surface area contributed by atoms with Crippen LogP contribution in [0.2, 0.25) is 0 Å². The molecule has 0 heterocycles. The Hall–Kier alpha value is -0.300. The van der Waals surface area contributed by atoms with Gasteiger partial charge in [-0.1, -0.05) is 25.1 Å². The number of hydrogen-bond donors (Lipinski definition) is 0. The average Bonchev–Trinajstić information content (AvgIpc) is 1.89. The SMILES string of the molecule is CCc1ccc[c]c1Br. The van der Waals surface area contributed by atoms with Crippen LogP contribution >= 0.6 is 15.9 Å². The summed E-state index contributed by atoms with van der Waals surface area (Å²) in [7, 11) is 0. The number of benzene rings is 1. The third kappa shape index (κ3) is 1.55. The Balaban J connectivity index is 3.01. The molecule has 1 rings (SSSR count). The molecule has 0 saturated carbocycles. The molecular weight excluding hydrogens is 176 g/mol. The average molecular weight is 184 g/mol. The topological polar surface area (TPSA) is 0 Å². The van der Waals surface area contributed by atoms with E-state index in [1.165, 1.54) is 5.56 Å². The fraction of sp³-hybridized carbons (Fsp3) is 0.250. The fourth-order valence-electron chi connectivity index (χ4n) is 0.724. The largest absolute Gasteiger partial charge is 0.0613 e. The van der Waals surface area contributed by atoms with E-state index in [0.29, 0.717) is 0 Å². The number of rotatable bonds is 1. The van der Waals surface area contributed by atoms with Gasteiger partial charge in [-0.2, -0.15) is 0 Å². The van der Waals surface area contributed by atoms with Crippen molar-refractivity contribution in [1.29, 1.82) is 0 Å². The molecule has 0 bridgehead atoms. The molecule has 0 aromatic heterocycles. The molecule has 1 aromatic rings. The lowest BCUT2D eigenvalue weighted by Crippen LogP contribution is -1.79. The summed E-state index contributed by atoms with van der Waals surface area (Å²) in [5, 5.41) is 0. The number of halogens is 1. The van der Waals surface area contributed by atoms with Crippen LogP contribution in [-0.2, 0) is 6.42 Å². The zero-order chi connectivity index (χ0) is 6.69. The minimum Gasteiger partial charge on any atom is -0.0613 e. The van der Waals surface area contributed by atoms with Crippen molar-refractivity contribution in [3.8, 4) is 0 Å². The fourth-order valence-corrected chi connectivity index (χ4v) is 1.27. The van der Waals surface area contributed by atoms with Crippen LogP contribution in [0.4, 0.5) is 0 Å². The Kier molecular flexibility index (Phi) is 2.29. The molecule has 0 aliphatic rings. The molecule has 0 aliphatic heterocycles. The van der Waals surface area contributed by atoms with Crippen LogP contribution in [-0.4, -0.2) is 0 Å². The van der Waals surface area contributed by atoms with Crippen LogP contribution < -0.4 is 0 Å². The van der Waals surface area contributed by atoms with Gasteiger partial charge in [0.1, 0.15) is 0 Å². The standard InChI is InChI=1S/C8H8Br/c1-2-7-5-3-4-6-8(7)9/h3-5H,2H2,1H3. The summed E-state index contributed by atoms with van der Waals surface area (Å²) in [5.41, 5.74) is 1.32. The molecular formula is C8H8Br. The van der Waals surface area contributed by atoms with Gasteiger partial charge in [0.2, 0.25) is 0 Å². The summed E-state index contributed by atoms with van der Waals surface area (Å²) in [6.07, 6.45) is 1.07. The molecule has 0 N–H and O–H groups in total. The van der Waals surface area contributed by atoms with Crippen molar-refractivity contribution in [3.05, 3.63) is 34.3 Å². The van der Waals surface area contributed by atoms with Crippen molar-refractivity contribution in [2.75, 3.05) is 0 Å². The molecule has 1 heteroatoms. The molecule has 1 radical (unpaired) electrons. The second-order valence-electron chi connectivity index (χ2n) is 1.86. The highest BCUT2D eigenvalue weighted by molar-refractivity contribution is 9.10. The second kappa shape index (κ2) is 3.02. The van der Waals surface area contributed by atoms with Crippen molar-refractivity contribution >= 4 is 15.9 Å². The number of hydrogen-bond acceptors (Lipinski definition) is 0. The van der Waals surface area contributed by atoms with Crippen LogP contribution in [0, 0.1) is 6.07 Å². The predicted octanol–water partition coefficient (Wildman–Crippen LogP) is 2.81. The summed E-state index contributed by atoms with van der Waals surface area (Å²) >= 11 is 3.40. The van der Waals surface area contributed by atoms with Crippen molar-refractivity contribution in [3.63, 3.8) is 0 Å². The summed E-state index contributed by atoms with van der Waals surface area (Å²) in [6, 6.07) is 9.07. The first-order valence-electron chi connectivity index (χ1n) is 2.99. The minimum atomic E-state index is 1.07. The lowest BCUT2D eigenvalue weighted by molar-refractivity contribution is 1.13. The van der Waals surface area contributed by atoms with Crippen molar-refractivity contribution in [2.45, 2.75) is 13.3 Å². The van der Waals surface area contributed by atoms with E-state index in [0.717, 1.165) is 10.9 Å². The first kappa shape index (κ1) is 6.81. The molecule has 47 valence electrons. The highest BCUT2D eigenvalue weighted by Gasteiger charge is 1.91. The van der Waals surface area contributed by atoms with Crippen molar-refractivity contribution in [2.24, 2.45) is 0 Å². The Labute approximate surface area is 64.0 Å². The van der Waals surface area contributed by atoms with Gasteiger partial charge in [-0.25, -0.2) is 0 Å². The monoisotopic (exact) mass is 183 g/mol. The van der Waals surface area contributed by atoms with Crippen LogP contribution in [0.3, 0.4) is 0 Å². The van der Waals surface area contributed by atoms with Crippen molar-refractivity contribution < 1.29 is 0 Å². The molecule has 9 heavy (non-hydrogen) atoms. The molecule has 1 aromatic carbocycles. The Bertz CT molecular complexity index is 194. The van der Waals surface area contributed by atoms with Gasteiger partial charge in [-0.05, 0) is 34.0 Å². The van der Waals surface area contributed by atoms with Crippen LogP contribution in [0.25, 0.3) is 0 Å². The lowest BCUT2D eigenvalue weighted by atomic mass is 10.2. The third-order valence-corrected chi connectivity index (χ3v) is 2.00. The Morgan fingerprint density at radius 1 is 1.67 bits per heavy atom. The molecule has 0 aliphatic carbocycles. The van der Waals surface area contributed by atoms with Crippen LogP contribution in [0.5, 0.6) is 0 Å². The summed E-state index contributed by atoms with van der Waals surface area (Å²) in [4.78, 5) is 0. The van der Waals surface area contributed by atoms with Crippen molar-refractivity contribution in [1.82, 2.24) is 0 Å². The minimum absolute atomic E-state index is 1.07. The zero-order valence-electron chi connectivity index (χ0n) is 5.32. The molecule has 0 nitrogen and oxygen atoms in total. The van der Waals surface area contributed by atoms with E-state index in [1.807, 2.05) is 12.1 Å². The molecule has 0 atom stereocenters. The smallest absolute Gasteiger partial charge is 0.0286 e. The van der Waals surface area contributed by atoms with E-state index >= 15 is 0 Å². The maximum absolute atomic E-state index is 3.40. The highest BCUT2D eigenvalue weighted by Crippen LogP contribution is 2.14. The number of aryl methyl sites for hydroxylation is 1. The molecule has 0 unspecified atom stereocenters. The van der Waals surface area contributed by atoms with Gasteiger partial charge < -0.3 is 0 Å². The van der Waals surface area contributed by atoms with Gasteiger partial charge >= 0.3 is 0 Å².